The highest BCUT2D eigenvalue weighted by molar-refractivity contribution is 7.88. The predicted molar refractivity (Wildman–Crippen MR) is 127 cm³/mol. The number of esters is 1. The Kier molecular flexibility index (Phi) is 7.69. The maximum absolute atomic E-state index is 12.2. The fraction of sp³-hybridized carbons (Fsp3) is 0.480. The molecule has 2 aromatic rings. The first-order chi connectivity index (χ1) is 15.6. The Hall–Kier alpha value is -2.58. The van der Waals surface area contributed by atoms with Crippen molar-refractivity contribution in [1.29, 1.82) is 0 Å². The van der Waals surface area contributed by atoms with Crippen LogP contribution in [0.25, 0.3) is 11.1 Å². The Bertz CT molecular complexity index is 1110. The fourth-order valence-electron chi connectivity index (χ4n) is 4.23. The number of primary sulfonamides is 1. The number of ether oxygens (including phenoxy) is 3. The highest BCUT2D eigenvalue weighted by Gasteiger charge is 2.31. The van der Waals surface area contributed by atoms with Crippen LogP contribution >= 0.6 is 0 Å². The van der Waals surface area contributed by atoms with Gasteiger partial charge in [0.1, 0.15) is 17.6 Å². The Balaban J connectivity index is 1.83. The van der Waals surface area contributed by atoms with E-state index in [-0.39, 0.29) is 17.8 Å². The van der Waals surface area contributed by atoms with Crippen LogP contribution in [0.3, 0.4) is 0 Å². The molecule has 33 heavy (non-hydrogen) atoms. The zero-order valence-corrected chi connectivity index (χ0v) is 20.5. The van der Waals surface area contributed by atoms with Gasteiger partial charge in [-0.2, -0.15) is 0 Å². The summed E-state index contributed by atoms with van der Waals surface area (Å²) in [4.78, 5) is 12.2. The van der Waals surface area contributed by atoms with Crippen molar-refractivity contribution in [2.45, 2.75) is 58.3 Å². The molecular formula is C25H33NO6S. The molecule has 1 aliphatic heterocycles. The molecule has 0 aliphatic carbocycles. The molecule has 0 aromatic heterocycles. The minimum Gasteiger partial charge on any atom is -0.496 e. The van der Waals surface area contributed by atoms with E-state index in [2.05, 4.69) is 0 Å². The number of methoxy groups -OCH3 is 1. The van der Waals surface area contributed by atoms with Gasteiger partial charge in [-0.1, -0.05) is 30.7 Å². The first-order valence-electron chi connectivity index (χ1n) is 11.2. The summed E-state index contributed by atoms with van der Waals surface area (Å²) >= 11 is 0. The zero-order chi connectivity index (χ0) is 24.2. The average molecular weight is 476 g/mol. The van der Waals surface area contributed by atoms with E-state index in [1.54, 1.807) is 13.2 Å². The Morgan fingerprint density at radius 2 is 1.94 bits per heavy atom. The lowest BCUT2D eigenvalue weighted by Gasteiger charge is -2.30. The maximum atomic E-state index is 12.2. The molecule has 7 nitrogen and oxygen atoms in total. The van der Waals surface area contributed by atoms with Crippen molar-refractivity contribution in [2.75, 3.05) is 13.7 Å². The summed E-state index contributed by atoms with van der Waals surface area (Å²) in [5.74, 6) is 1.01. The molecule has 180 valence electrons. The van der Waals surface area contributed by atoms with Crippen LogP contribution in [0.4, 0.5) is 0 Å². The predicted octanol–water partition coefficient (Wildman–Crippen LogP) is 4.73. The number of sulfonamides is 1. The number of carbonyl (C=O) groups is 1. The molecule has 0 fully saturated rings. The van der Waals surface area contributed by atoms with E-state index < -0.39 is 15.4 Å². The van der Waals surface area contributed by atoms with Gasteiger partial charge in [0.25, 0.3) is 0 Å². The standard InChI is InChI=1S/C25H33NO6S/c1-5-31-24(27)25(2,3)14-7-6-9-20-19-15-17(16-33(26,28)29)12-13-18(19)23-21(30-4)10-8-11-22(23)32-20/h8,10-13,15,20H,5-7,9,14,16H2,1-4H3,(H2,26,28,29). The number of nitrogens with two attached hydrogens (primary N) is 1. The van der Waals surface area contributed by atoms with Crippen molar-refractivity contribution >= 4 is 16.0 Å². The molecule has 3 rings (SSSR count). The maximum Gasteiger partial charge on any atom is 0.311 e. The minimum absolute atomic E-state index is 0.182. The quantitative estimate of drug-likeness (QED) is 0.393. The topological polar surface area (TPSA) is 105 Å². The van der Waals surface area contributed by atoms with Crippen molar-refractivity contribution in [3.05, 3.63) is 47.5 Å². The number of hydrogen-bond donors (Lipinski definition) is 1. The van der Waals surface area contributed by atoms with Crippen LogP contribution in [0.2, 0.25) is 0 Å². The van der Waals surface area contributed by atoms with Gasteiger partial charge >= 0.3 is 5.97 Å². The first-order valence-corrected chi connectivity index (χ1v) is 12.9. The summed E-state index contributed by atoms with van der Waals surface area (Å²) in [6.07, 6.45) is 2.86. The van der Waals surface area contributed by atoms with Crippen LogP contribution in [0.5, 0.6) is 11.5 Å². The summed E-state index contributed by atoms with van der Waals surface area (Å²) in [6, 6.07) is 11.2. The normalized spacial score (nSPS) is 15.2. The molecule has 0 saturated heterocycles. The molecule has 2 N–H and O–H groups in total. The third-order valence-electron chi connectivity index (χ3n) is 5.92. The van der Waals surface area contributed by atoms with Crippen LogP contribution in [-0.4, -0.2) is 28.1 Å². The van der Waals surface area contributed by atoms with Crippen molar-refractivity contribution in [3.63, 3.8) is 0 Å². The van der Waals surface area contributed by atoms with Crippen LogP contribution in [0.1, 0.15) is 63.7 Å². The molecule has 8 heteroatoms. The first kappa shape index (κ1) is 25.1. The molecular weight excluding hydrogens is 442 g/mol. The number of carbonyl (C=O) groups excluding carboxylic acids is 1. The van der Waals surface area contributed by atoms with Crippen LogP contribution in [0.15, 0.2) is 36.4 Å². The molecule has 1 unspecified atom stereocenters. The molecule has 0 bridgehead atoms. The lowest BCUT2D eigenvalue weighted by Crippen LogP contribution is -2.26. The fourth-order valence-corrected chi connectivity index (χ4v) is 4.87. The van der Waals surface area contributed by atoms with E-state index in [4.69, 9.17) is 19.3 Å². The number of benzene rings is 2. The van der Waals surface area contributed by atoms with Crippen LogP contribution < -0.4 is 14.6 Å². The van der Waals surface area contributed by atoms with Gasteiger partial charge in [0, 0.05) is 5.56 Å². The third-order valence-corrected chi connectivity index (χ3v) is 6.66. The van der Waals surface area contributed by atoms with Crippen molar-refractivity contribution < 1.29 is 27.4 Å². The Morgan fingerprint density at radius 1 is 1.18 bits per heavy atom. The minimum atomic E-state index is -3.65. The molecule has 0 saturated carbocycles. The van der Waals surface area contributed by atoms with Crippen LogP contribution in [-0.2, 0) is 25.3 Å². The highest BCUT2D eigenvalue weighted by atomic mass is 32.2. The van der Waals surface area contributed by atoms with Gasteiger partial charge in [-0.15, -0.1) is 0 Å². The number of unbranched alkanes of at least 4 members (excludes halogenated alkanes) is 1. The second kappa shape index (κ2) is 10.1. The van der Waals surface area contributed by atoms with Crippen molar-refractivity contribution in [2.24, 2.45) is 10.6 Å². The van der Waals surface area contributed by atoms with Gasteiger partial charge in [0.15, 0.2) is 0 Å². The second-order valence-corrected chi connectivity index (χ2v) is 10.6. The van der Waals surface area contributed by atoms with E-state index in [1.165, 1.54) is 0 Å². The highest BCUT2D eigenvalue weighted by Crippen LogP contribution is 2.48. The molecule has 0 amide bonds. The van der Waals surface area contributed by atoms with E-state index in [0.717, 1.165) is 41.7 Å². The Labute approximate surface area is 196 Å². The molecule has 1 aliphatic rings. The van der Waals surface area contributed by atoms with Gasteiger partial charge in [-0.05, 0) is 63.3 Å². The second-order valence-electron chi connectivity index (χ2n) is 9.02. The van der Waals surface area contributed by atoms with E-state index in [9.17, 15) is 13.2 Å². The number of rotatable bonds is 10. The summed E-state index contributed by atoms with van der Waals surface area (Å²) < 4.78 is 40.4. The largest absolute Gasteiger partial charge is 0.496 e. The van der Waals surface area contributed by atoms with Crippen molar-refractivity contribution in [1.82, 2.24) is 0 Å². The molecule has 2 aromatic carbocycles. The van der Waals surface area contributed by atoms with E-state index in [0.29, 0.717) is 24.3 Å². The third kappa shape index (κ3) is 6.06. The Morgan fingerprint density at radius 3 is 2.61 bits per heavy atom. The molecule has 0 radical (unpaired) electrons. The smallest absolute Gasteiger partial charge is 0.311 e. The van der Waals surface area contributed by atoms with Crippen molar-refractivity contribution in [3.8, 4) is 22.6 Å². The summed E-state index contributed by atoms with van der Waals surface area (Å²) in [5, 5.41) is 5.27. The van der Waals surface area contributed by atoms with E-state index >= 15 is 0 Å². The van der Waals surface area contributed by atoms with Gasteiger partial charge < -0.3 is 14.2 Å². The van der Waals surface area contributed by atoms with Crippen LogP contribution in [0, 0.1) is 5.41 Å². The molecule has 0 spiro atoms. The van der Waals surface area contributed by atoms with E-state index in [1.807, 2.05) is 51.1 Å². The monoisotopic (exact) mass is 475 g/mol. The van der Waals surface area contributed by atoms with Gasteiger partial charge in [-0.25, -0.2) is 13.6 Å². The van der Waals surface area contributed by atoms with Gasteiger partial charge in [-0.3, -0.25) is 4.79 Å². The summed E-state index contributed by atoms with van der Waals surface area (Å²) in [6.45, 7) is 5.99. The SMILES string of the molecule is CCOC(=O)C(C)(C)CCCCC1Oc2cccc(OC)c2-c2ccc(CS(N)(=O)=O)cc21. The molecule has 1 atom stereocenters. The van der Waals surface area contributed by atoms with Gasteiger partial charge in [0.05, 0.1) is 30.4 Å². The van der Waals surface area contributed by atoms with Gasteiger partial charge in [0.2, 0.25) is 10.0 Å². The lowest BCUT2D eigenvalue weighted by atomic mass is 9.85. The zero-order valence-electron chi connectivity index (χ0n) is 19.7. The molecule has 1 heterocycles. The summed E-state index contributed by atoms with van der Waals surface area (Å²) in [7, 11) is -2.04. The summed E-state index contributed by atoms with van der Waals surface area (Å²) in [5.41, 5.74) is 2.81. The number of fused-ring (bicyclic) bond motifs is 3. The lowest BCUT2D eigenvalue weighted by molar-refractivity contribution is -0.153. The average Bonchev–Trinajstić information content (AvgIpc) is 2.75. The number of hydrogen-bond acceptors (Lipinski definition) is 6.